The predicted molar refractivity (Wildman–Crippen MR) is 56.3 cm³/mol. The van der Waals surface area contributed by atoms with E-state index < -0.39 is 0 Å². The third-order valence-electron chi connectivity index (χ3n) is 1.80. The summed E-state index contributed by atoms with van der Waals surface area (Å²) in [7, 11) is 0. The van der Waals surface area contributed by atoms with Crippen molar-refractivity contribution < 1.29 is 0 Å². The summed E-state index contributed by atoms with van der Waals surface area (Å²) in [5.74, 6) is 1.17. The van der Waals surface area contributed by atoms with E-state index in [1.165, 1.54) is 0 Å². The molecule has 0 saturated carbocycles. The fraction of sp³-hybridized carbons (Fsp3) is 0.556. The minimum Gasteiger partial charge on any atom is -0.299 e. The van der Waals surface area contributed by atoms with E-state index in [0.29, 0.717) is 12.5 Å². The van der Waals surface area contributed by atoms with E-state index in [-0.39, 0.29) is 5.69 Å². The molecule has 0 aromatic carbocycles. The minimum absolute atomic E-state index is 0.181. The molecular formula is C9H14N2OS. The van der Waals surface area contributed by atoms with Crippen molar-refractivity contribution >= 4 is 12.6 Å². The Bertz CT molecular complexity index is 335. The first-order valence-electron chi connectivity index (χ1n) is 4.27. The molecule has 0 aliphatic carbocycles. The number of nitrogens with zero attached hydrogens (tertiary/aromatic N) is 2. The van der Waals surface area contributed by atoms with Gasteiger partial charge in [-0.15, -0.1) is 0 Å². The minimum atomic E-state index is -0.181. The van der Waals surface area contributed by atoms with Gasteiger partial charge in [-0.1, -0.05) is 6.92 Å². The van der Waals surface area contributed by atoms with Gasteiger partial charge in [-0.3, -0.25) is 4.57 Å². The van der Waals surface area contributed by atoms with Crippen LogP contribution < -0.4 is 5.69 Å². The van der Waals surface area contributed by atoms with E-state index in [1.807, 2.05) is 13.1 Å². The van der Waals surface area contributed by atoms with Gasteiger partial charge in [0.15, 0.2) is 0 Å². The highest BCUT2D eigenvalue weighted by Gasteiger charge is 2.02. The molecule has 3 nitrogen and oxygen atoms in total. The first-order chi connectivity index (χ1) is 6.13. The molecule has 1 unspecified atom stereocenters. The zero-order chi connectivity index (χ0) is 9.84. The highest BCUT2D eigenvalue weighted by Crippen LogP contribution is 2.00. The first kappa shape index (κ1) is 10.3. The molecule has 1 aromatic rings. The molecule has 1 rings (SSSR count). The van der Waals surface area contributed by atoms with Crippen molar-refractivity contribution in [1.82, 2.24) is 9.55 Å². The van der Waals surface area contributed by atoms with Crippen LogP contribution in [0.25, 0.3) is 0 Å². The van der Waals surface area contributed by atoms with Crippen molar-refractivity contribution in [3.05, 3.63) is 28.4 Å². The van der Waals surface area contributed by atoms with Gasteiger partial charge in [0.25, 0.3) is 0 Å². The van der Waals surface area contributed by atoms with E-state index in [9.17, 15) is 4.79 Å². The third kappa shape index (κ3) is 2.88. The van der Waals surface area contributed by atoms with Crippen LogP contribution in [0.2, 0.25) is 0 Å². The van der Waals surface area contributed by atoms with Gasteiger partial charge in [0, 0.05) is 18.9 Å². The SMILES string of the molecule is Cc1cnc(=O)n(CC(C)CS)c1. The average Bonchev–Trinajstić information content (AvgIpc) is 2.11. The number of rotatable bonds is 3. The molecule has 72 valence electrons. The monoisotopic (exact) mass is 198 g/mol. The maximum absolute atomic E-state index is 11.2. The van der Waals surface area contributed by atoms with Crippen LogP contribution in [0.15, 0.2) is 17.2 Å². The number of aryl methyl sites for hydroxylation is 1. The summed E-state index contributed by atoms with van der Waals surface area (Å²) in [6.07, 6.45) is 3.42. The smallest absolute Gasteiger partial charge is 0.299 e. The zero-order valence-electron chi connectivity index (χ0n) is 7.90. The van der Waals surface area contributed by atoms with Crippen molar-refractivity contribution in [2.24, 2.45) is 5.92 Å². The van der Waals surface area contributed by atoms with Crippen molar-refractivity contribution in [3.8, 4) is 0 Å². The lowest BCUT2D eigenvalue weighted by Gasteiger charge is -2.10. The van der Waals surface area contributed by atoms with Crippen LogP contribution in [-0.2, 0) is 6.54 Å². The second-order valence-electron chi connectivity index (χ2n) is 3.35. The van der Waals surface area contributed by atoms with Gasteiger partial charge in [-0.2, -0.15) is 12.6 Å². The van der Waals surface area contributed by atoms with Crippen LogP contribution in [0.5, 0.6) is 0 Å². The Kier molecular flexibility index (Phi) is 3.54. The normalized spacial score (nSPS) is 12.8. The summed E-state index contributed by atoms with van der Waals surface area (Å²) in [5, 5.41) is 0. The lowest BCUT2D eigenvalue weighted by Crippen LogP contribution is -2.25. The van der Waals surface area contributed by atoms with Crippen molar-refractivity contribution in [1.29, 1.82) is 0 Å². The summed E-state index contributed by atoms with van der Waals surface area (Å²) < 4.78 is 1.64. The molecule has 0 radical (unpaired) electrons. The number of aromatic nitrogens is 2. The summed E-state index contributed by atoms with van der Waals surface area (Å²) in [6.45, 7) is 4.67. The summed E-state index contributed by atoms with van der Waals surface area (Å²) in [6, 6.07) is 0. The second-order valence-corrected chi connectivity index (χ2v) is 3.72. The predicted octanol–water partition coefficient (Wildman–Crippen LogP) is 1.12. The zero-order valence-corrected chi connectivity index (χ0v) is 8.79. The van der Waals surface area contributed by atoms with Crippen LogP contribution in [0, 0.1) is 12.8 Å². The van der Waals surface area contributed by atoms with Gasteiger partial charge in [0.1, 0.15) is 0 Å². The van der Waals surface area contributed by atoms with E-state index in [4.69, 9.17) is 0 Å². The summed E-state index contributed by atoms with van der Waals surface area (Å²) >= 11 is 4.17. The quantitative estimate of drug-likeness (QED) is 0.739. The third-order valence-corrected chi connectivity index (χ3v) is 2.43. The lowest BCUT2D eigenvalue weighted by molar-refractivity contribution is 0.509. The van der Waals surface area contributed by atoms with Crippen LogP contribution >= 0.6 is 12.6 Å². The van der Waals surface area contributed by atoms with Gasteiger partial charge in [-0.05, 0) is 24.2 Å². The maximum atomic E-state index is 11.2. The number of hydrogen-bond donors (Lipinski definition) is 1. The molecule has 0 saturated heterocycles. The van der Waals surface area contributed by atoms with Crippen molar-refractivity contribution in [2.75, 3.05) is 5.75 Å². The Morgan fingerprint density at radius 2 is 2.38 bits per heavy atom. The van der Waals surface area contributed by atoms with E-state index >= 15 is 0 Å². The largest absolute Gasteiger partial charge is 0.347 e. The van der Waals surface area contributed by atoms with Crippen molar-refractivity contribution in [3.63, 3.8) is 0 Å². The lowest BCUT2D eigenvalue weighted by atomic mass is 10.2. The van der Waals surface area contributed by atoms with Gasteiger partial charge in [-0.25, -0.2) is 9.78 Å². The molecule has 4 heteroatoms. The number of thiol groups is 1. The molecule has 0 fully saturated rings. The topological polar surface area (TPSA) is 34.9 Å². The fourth-order valence-electron chi connectivity index (χ4n) is 1.09. The Hall–Kier alpha value is -0.770. The standard InChI is InChI=1S/C9H14N2OS/c1-7-3-10-9(12)11(4-7)5-8(2)6-13/h3-4,8,13H,5-6H2,1-2H3. The highest BCUT2D eigenvalue weighted by molar-refractivity contribution is 7.80. The summed E-state index contributed by atoms with van der Waals surface area (Å²) in [4.78, 5) is 15.0. The molecule has 0 amide bonds. The fourth-order valence-corrected chi connectivity index (χ4v) is 1.21. The molecule has 1 heterocycles. The number of hydrogen-bond acceptors (Lipinski definition) is 3. The van der Waals surface area contributed by atoms with Gasteiger partial charge >= 0.3 is 5.69 Å². The molecule has 1 atom stereocenters. The molecule has 1 aromatic heterocycles. The molecule has 0 N–H and O–H groups in total. The van der Waals surface area contributed by atoms with E-state index in [1.54, 1.807) is 10.8 Å². The molecule has 0 bridgehead atoms. The molecule has 0 spiro atoms. The molecule has 0 aliphatic heterocycles. The van der Waals surface area contributed by atoms with Crippen LogP contribution in [0.3, 0.4) is 0 Å². The highest BCUT2D eigenvalue weighted by atomic mass is 32.1. The van der Waals surface area contributed by atoms with Gasteiger partial charge < -0.3 is 0 Å². The first-order valence-corrected chi connectivity index (χ1v) is 4.90. The Labute approximate surface area is 83.2 Å². The Morgan fingerprint density at radius 3 is 3.00 bits per heavy atom. The van der Waals surface area contributed by atoms with Crippen LogP contribution in [0.1, 0.15) is 12.5 Å². The molecular weight excluding hydrogens is 184 g/mol. The van der Waals surface area contributed by atoms with E-state index in [0.717, 1.165) is 11.3 Å². The maximum Gasteiger partial charge on any atom is 0.347 e. The molecule has 13 heavy (non-hydrogen) atoms. The van der Waals surface area contributed by atoms with Gasteiger partial charge in [0.2, 0.25) is 0 Å². The van der Waals surface area contributed by atoms with E-state index in [2.05, 4.69) is 24.5 Å². The second kappa shape index (κ2) is 4.46. The summed E-state index contributed by atoms with van der Waals surface area (Å²) in [5.41, 5.74) is 0.824. The Balaban J connectivity index is 2.87. The van der Waals surface area contributed by atoms with Gasteiger partial charge in [0.05, 0.1) is 0 Å². The Morgan fingerprint density at radius 1 is 1.69 bits per heavy atom. The van der Waals surface area contributed by atoms with Crippen LogP contribution in [-0.4, -0.2) is 15.3 Å². The average molecular weight is 198 g/mol. The van der Waals surface area contributed by atoms with Crippen LogP contribution in [0.4, 0.5) is 0 Å². The molecule has 0 aliphatic rings. The van der Waals surface area contributed by atoms with Crippen molar-refractivity contribution in [2.45, 2.75) is 20.4 Å².